The Labute approximate surface area is 240 Å². The van der Waals surface area contributed by atoms with Gasteiger partial charge in [0.15, 0.2) is 5.78 Å². The van der Waals surface area contributed by atoms with Gasteiger partial charge >= 0.3 is 0 Å². The lowest BCUT2D eigenvalue weighted by Crippen LogP contribution is -2.29. The number of allylic oxidation sites excluding steroid dienone is 2. The van der Waals surface area contributed by atoms with Crippen LogP contribution in [-0.2, 0) is 11.2 Å². The van der Waals surface area contributed by atoms with Crippen LogP contribution < -0.4 is 4.74 Å². The maximum Gasteiger partial charge on any atom is 0.170 e. The van der Waals surface area contributed by atoms with Crippen molar-refractivity contribution in [3.05, 3.63) is 69.6 Å². The fourth-order valence-corrected chi connectivity index (χ4v) is 5.52. The minimum absolute atomic E-state index is 0.0462. The molecule has 0 saturated heterocycles. The first-order chi connectivity index (χ1) is 18.7. The van der Waals surface area contributed by atoms with Crippen LogP contribution in [0.2, 0.25) is 10.2 Å². The number of carbonyl (C=O) groups excluding carboxylic acids is 1. The van der Waals surface area contributed by atoms with E-state index in [1.54, 1.807) is 18.5 Å². The molecule has 2 N–H and O–H groups in total. The van der Waals surface area contributed by atoms with Gasteiger partial charge in [0.25, 0.3) is 0 Å². The van der Waals surface area contributed by atoms with Gasteiger partial charge < -0.3 is 9.84 Å². The molecule has 0 radical (unpaired) electrons. The Morgan fingerprint density at radius 3 is 2.59 bits per heavy atom. The number of halogens is 2. The first kappa shape index (κ1) is 29.3. The molecule has 0 bridgehead atoms. The average molecular weight is 571 g/mol. The predicted octanol–water partition coefficient (Wildman–Crippen LogP) is 7.68. The van der Waals surface area contributed by atoms with Crippen molar-refractivity contribution >= 4 is 34.6 Å². The molecule has 2 atom stereocenters. The lowest BCUT2D eigenvalue weighted by Gasteiger charge is -2.29. The molecule has 1 fully saturated rings. The minimum atomic E-state index is -0.278. The molecule has 2 aromatic heterocycles. The first-order valence-electron chi connectivity index (χ1n) is 13.7. The summed E-state index contributed by atoms with van der Waals surface area (Å²) in [6.07, 6.45) is 10.2. The molecule has 208 valence electrons. The maximum absolute atomic E-state index is 13.6. The van der Waals surface area contributed by atoms with Gasteiger partial charge in [0, 0.05) is 22.4 Å². The second-order valence-corrected chi connectivity index (χ2v) is 11.3. The number of H-pyrrole nitrogens is 1. The van der Waals surface area contributed by atoms with E-state index in [0.717, 1.165) is 58.9 Å². The number of aromatic nitrogens is 3. The van der Waals surface area contributed by atoms with Crippen molar-refractivity contribution in [2.24, 2.45) is 11.8 Å². The second-order valence-electron chi connectivity index (χ2n) is 10.5. The van der Waals surface area contributed by atoms with Crippen LogP contribution in [0, 0.1) is 11.8 Å². The lowest BCUT2D eigenvalue weighted by atomic mass is 9.81. The molecule has 0 spiro atoms. The number of rotatable bonds is 7. The van der Waals surface area contributed by atoms with Crippen LogP contribution in [0.3, 0.4) is 0 Å². The molecule has 1 aromatic carbocycles. The number of fused-ring (bicyclic) bond motifs is 1. The zero-order chi connectivity index (χ0) is 28.1. The lowest BCUT2D eigenvalue weighted by molar-refractivity contribution is -0.118. The third-order valence-electron chi connectivity index (χ3n) is 7.88. The Morgan fingerprint density at radius 1 is 1.23 bits per heavy atom. The van der Waals surface area contributed by atoms with Crippen LogP contribution in [0.4, 0.5) is 0 Å². The highest BCUT2D eigenvalue weighted by Gasteiger charge is 2.30. The van der Waals surface area contributed by atoms with Crippen molar-refractivity contribution in [1.82, 2.24) is 15.2 Å². The molecule has 0 amide bonds. The standard InChI is InChI=1S/C25H25Cl2N3O2.C6H12O/c1-4-14(3)19-10-22(21-12-29-30-25(21)27)28-11-20(19)18(5-2)24(31)16-8-15-9-17(26)6-7-23(15)32-13-16;1-2-5-3-6(7)4-5/h5-7,9-12,14,16H,4,8,13H2,1-3H3,(H,29,30);5-7H,2-4H2,1H3/b18-5+;. The van der Waals surface area contributed by atoms with Crippen LogP contribution in [0.1, 0.15) is 76.0 Å². The summed E-state index contributed by atoms with van der Waals surface area (Å²) in [5, 5.41) is 16.6. The maximum atomic E-state index is 13.6. The smallest absolute Gasteiger partial charge is 0.170 e. The van der Waals surface area contributed by atoms with Crippen LogP contribution in [-0.4, -0.2) is 38.8 Å². The van der Waals surface area contributed by atoms with Crippen LogP contribution in [0.25, 0.3) is 16.8 Å². The number of aromatic amines is 1. The second kappa shape index (κ2) is 13.1. The molecule has 1 aliphatic carbocycles. The predicted molar refractivity (Wildman–Crippen MR) is 157 cm³/mol. The van der Waals surface area contributed by atoms with E-state index < -0.39 is 0 Å². The van der Waals surface area contributed by atoms with E-state index in [-0.39, 0.29) is 23.7 Å². The number of ketones is 1. The molecular formula is C31H37Cl2N3O3. The monoisotopic (exact) mass is 569 g/mol. The van der Waals surface area contributed by atoms with Crippen LogP contribution >= 0.6 is 23.2 Å². The minimum Gasteiger partial charge on any atom is -0.493 e. The van der Waals surface area contributed by atoms with Crippen molar-refractivity contribution in [2.45, 2.75) is 71.8 Å². The van der Waals surface area contributed by atoms with E-state index in [4.69, 9.17) is 33.0 Å². The van der Waals surface area contributed by atoms with Crippen molar-refractivity contribution in [3.8, 4) is 17.0 Å². The number of ether oxygens (including phenoxy) is 1. The molecular weight excluding hydrogens is 533 g/mol. The van der Waals surface area contributed by atoms with Crippen LogP contribution in [0.5, 0.6) is 5.75 Å². The highest BCUT2D eigenvalue weighted by molar-refractivity contribution is 6.32. The van der Waals surface area contributed by atoms with Gasteiger partial charge in [-0.25, -0.2) is 0 Å². The number of nitrogens with one attached hydrogen (secondary N) is 1. The summed E-state index contributed by atoms with van der Waals surface area (Å²) < 4.78 is 5.88. The van der Waals surface area contributed by atoms with E-state index in [0.29, 0.717) is 28.8 Å². The Bertz CT molecular complexity index is 1330. The fraction of sp³-hybridized carbons (Fsp3) is 0.452. The van der Waals surface area contributed by atoms with Gasteiger partial charge in [0.05, 0.1) is 36.1 Å². The molecule has 3 aromatic rings. The number of carbonyl (C=O) groups is 1. The molecule has 8 heteroatoms. The summed E-state index contributed by atoms with van der Waals surface area (Å²) in [5.74, 6) is 1.65. The molecule has 3 heterocycles. The van der Waals surface area contributed by atoms with Gasteiger partial charge in [0.1, 0.15) is 10.9 Å². The zero-order valence-corrected chi connectivity index (χ0v) is 24.5. The molecule has 39 heavy (non-hydrogen) atoms. The van der Waals surface area contributed by atoms with Crippen LogP contribution in [0.15, 0.2) is 42.7 Å². The summed E-state index contributed by atoms with van der Waals surface area (Å²) in [6.45, 7) is 8.70. The van der Waals surface area contributed by atoms with Gasteiger partial charge in [-0.3, -0.25) is 14.9 Å². The number of hydrogen-bond acceptors (Lipinski definition) is 5. The van der Waals surface area contributed by atoms with Gasteiger partial charge in [-0.2, -0.15) is 5.10 Å². The average Bonchev–Trinajstić information content (AvgIpc) is 3.36. The highest BCUT2D eigenvalue weighted by Crippen LogP contribution is 2.36. The summed E-state index contributed by atoms with van der Waals surface area (Å²) in [5.41, 5.74) is 5.02. The molecule has 5 rings (SSSR count). The van der Waals surface area contributed by atoms with Crippen molar-refractivity contribution in [1.29, 1.82) is 0 Å². The third kappa shape index (κ3) is 6.74. The van der Waals surface area contributed by atoms with E-state index in [1.807, 2.05) is 31.2 Å². The first-order valence-corrected chi connectivity index (χ1v) is 14.5. The van der Waals surface area contributed by atoms with Crippen molar-refractivity contribution in [2.75, 3.05) is 6.61 Å². The largest absolute Gasteiger partial charge is 0.493 e. The normalized spacial score (nSPS) is 21.1. The summed E-state index contributed by atoms with van der Waals surface area (Å²) in [6, 6.07) is 7.56. The Morgan fingerprint density at radius 2 is 2.00 bits per heavy atom. The highest BCUT2D eigenvalue weighted by atomic mass is 35.5. The van der Waals surface area contributed by atoms with E-state index in [2.05, 4.69) is 36.0 Å². The number of nitrogens with zero attached hydrogens (tertiary/aromatic N) is 2. The van der Waals surface area contributed by atoms with E-state index >= 15 is 0 Å². The molecule has 1 aliphatic heterocycles. The molecule has 2 aliphatic rings. The van der Waals surface area contributed by atoms with E-state index in [9.17, 15) is 4.79 Å². The zero-order valence-electron chi connectivity index (χ0n) is 23.0. The number of aliphatic hydroxyl groups is 1. The van der Waals surface area contributed by atoms with Crippen molar-refractivity contribution in [3.63, 3.8) is 0 Å². The number of Topliss-reactive ketones (excluding diaryl/α,β-unsaturated/α-hetero) is 1. The Kier molecular flexibility index (Phi) is 9.86. The number of pyridine rings is 1. The Balaban J connectivity index is 0.000000438. The SMILES string of the molecule is C/C=C(/C(=O)C1COc2ccc(Cl)cc2C1)c1cnc(-c2cn[nH]c2Cl)cc1C(C)CC.CCC1CC(O)C1. The summed E-state index contributed by atoms with van der Waals surface area (Å²) in [4.78, 5) is 18.2. The molecule has 2 unspecified atom stereocenters. The van der Waals surface area contributed by atoms with E-state index in [1.165, 1.54) is 6.42 Å². The van der Waals surface area contributed by atoms with Gasteiger partial charge in [-0.1, -0.05) is 56.5 Å². The number of hydrogen-bond donors (Lipinski definition) is 2. The fourth-order valence-electron chi connectivity index (χ4n) is 5.14. The van der Waals surface area contributed by atoms with Gasteiger partial charge in [0.2, 0.25) is 0 Å². The molecule has 6 nitrogen and oxygen atoms in total. The number of aliphatic hydroxyl groups excluding tert-OH is 1. The topological polar surface area (TPSA) is 88.1 Å². The van der Waals surface area contributed by atoms with Gasteiger partial charge in [-0.15, -0.1) is 0 Å². The van der Waals surface area contributed by atoms with Gasteiger partial charge in [-0.05, 0) is 79.8 Å². The molecule has 1 saturated carbocycles. The third-order valence-corrected chi connectivity index (χ3v) is 8.40. The summed E-state index contributed by atoms with van der Waals surface area (Å²) >= 11 is 12.4. The number of benzene rings is 1. The summed E-state index contributed by atoms with van der Waals surface area (Å²) in [7, 11) is 0. The van der Waals surface area contributed by atoms with Crippen molar-refractivity contribution < 1.29 is 14.6 Å². The Hall–Kier alpha value is -2.67. The quantitative estimate of drug-likeness (QED) is 0.285.